The number of aromatic nitrogens is 2. The van der Waals surface area contributed by atoms with Crippen molar-refractivity contribution < 1.29 is 4.74 Å². The van der Waals surface area contributed by atoms with Gasteiger partial charge in [-0.2, -0.15) is 0 Å². The van der Waals surface area contributed by atoms with Crippen LogP contribution in [-0.2, 0) is 17.7 Å². The smallest absolute Gasteiger partial charge is 0.0948 e. The van der Waals surface area contributed by atoms with E-state index in [0.717, 1.165) is 26.0 Å². The third-order valence-corrected chi connectivity index (χ3v) is 1.95. The van der Waals surface area contributed by atoms with Gasteiger partial charge >= 0.3 is 0 Å². The molecule has 1 rings (SSSR count). The first-order valence-electron chi connectivity index (χ1n) is 4.56. The standard InChI is InChI=1S/C9H17N3O/c1-13-6-2-5-12-8-11-7-9(12)3-4-10/h7-8H,2-6,10H2,1H3. The predicted molar refractivity (Wildman–Crippen MR) is 51.5 cm³/mol. The maximum absolute atomic E-state index is 5.48. The largest absolute Gasteiger partial charge is 0.385 e. The zero-order valence-corrected chi connectivity index (χ0v) is 8.07. The summed E-state index contributed by atoms with van der Waals surface area (Å²) in [5.41, 5.74) is 6.68. The van der Waals surface area contributed by atoms with Crippen LogP contribution in [0.15, 0.2) is 12.5 Å². The topological polar surface area (TPSA) is 53.1 Å². The SMILES string of the molecule is COCCCn1cncc1CCN. The molecule has 0 saturated carbocycles. The summed E-state index contributed by atoms with van der Waals surface area (Å²) in [5, 5.41) is 0. The Labute approximate surface area is 78.7 Å². The number of hydrogen-bond acceptors (Lipinski definition) is 3. The third kappa shape index (κ3) is 3.16. The van der Waals surface area contributed by atoms with Crippen molar-refractivity contribution in [3.05, 3.63) is 18.2 Å². The molecular weight excluding hydrogens is 166 g/mol. The lowest BCUT2D eigenvalue weighted by Crippen LogP contribution is -2.09. The summed E-state index contributed by atoms with van der Waals surface area (Å²) in [6.45, 7) is 2.43. The van der Waals surface area contributed by atoms with Crippen LogP contribution in [0.3, 0.4) is 0 Å². The molecule has 13 heavy (non-hydrogen) atoms. The Morgan fingerprint density at radius 2 is 2.46 bits per heavy atom. The van der Waals surface area contributed by atoms with Gasteiger partial charge in [-0.05, 0) is 13.0 Å². The van der Waals surface area contributed by atoms with E-state index in [1.54, 1.807) is 7.11 Å². The van der Waals surface area contributed by atoms with Gasteiger partial charge in [0.25, 0.3) is 0 Å². The quantitative estimate of drug-likeness (QED) is 0.650. The van der Waals surface area contributed by atoms with Crippen molar-refractivity contribution in [3.8, 4) is 0 Å². The van der Waals surface area contributed by atoms with Gasteiger partial charge in [0.05, 0.1) is 6.33 Å². The molecule has 0 unspecified atom stereocenters. The molecule has 0 atom stereocenters. The molecule has 74 valence electrons. The fourth-order valence-electron chi connectivity index (χ4n) is 1.28. The van der Waals surface area contributed by atoms with Crippen molar-refractivity contribution in [2.75, 3.05) is 20.3 Å². The Hall–Kier alpha value is -0.870. The summed E-state index contributed by atoms with van der Waals surface area (Å²) in [5.74, 6) is 0. The van der Waals surface area contributed by atoms with E-state index in [0.29, 0.717) is 6.54 Å². The monoisotopic (exact) mass is 183 g/mol. The van der Waals surface area contributed by atoms with E-state index in [9.17, 15) is 0 Å². The Bertz CT molecular complexity index is 235. The number of ether oxygens (including phenoxy) is 1. The van der Waals surface area contributed by atoms with Crippen LogP contribution in [0.5, 0.6) is 0 Å². The van der Waals surface area contributed by atoms with Crippen LogP contribution in [0, 0.1) is 0 Å². The summed E-state index contributed by atoms with van der Waals surface area (Å²) in [6.07, 6.45) is 5.64. The number of nitrogens with zero attached hydrogens (tertiary/aromatic N) is 2. The molecule has 0 radical (unpaired) electrons. The number of aryl methyl sites for hydroxylation is 1. The fraction of sp³-hybridized carbons (Fsp3) is 0.667. The van der Waals surface area contributed by atoms with Crippen molar-refractivity contribution >= 4 is 0 Å². The van der Waals surface area contributed by atoms with Crippen LogP contribution in [0.4, 0.5) is 0 Å². The minimum Gasteiger partial charge on any atom is -0.385 e. The average Bonchev–Trinajstić information content (AvgIpc) is 2.54. The molecule has 0 aromatic carbocycles. The number of rotatable bonds is 6. The Kier molecular flexibility index (Phi) is 4.49. The molecule has 0 fully saturated rings. The van der Waals surface area contributed by atoms with Gasteiger partial charge in [0.2, 0.25) is 0 Å². The number of methoxy groups -OCH3 is 1. The van der Waals surface area contributed by atoms with Crippen molar-refractivity contribution in [2.45, 2.75) is 19.4 Å². The highest BCUT2D eigenvalue weighted by atomic mass is 16.5. The maximum Gasteiger partial charge on any atom is 0.0948 e. The maximum atomic E-state index is 5.48. The fourth-order valence-corrected chi connectivity index (χ4v) is 1.28. The molecule has 4 nitrogen and oxygen atoms in total. The lowest BCUT2D eigenvalue weighted by molar-refractivity contribution is 0.190. The van der Waals surface area contributed by atoms with Gasteiger partial charge < -0.3 is 15.0 Å². The molecule has 1 heterocycles. The normalized spacial score (nSPS) is 10.6. The van der Waals surface area contributed by atoms with Gasteiger partial charge in [-0.15, -0.1) is 0 Å². The van der Waals surface area contributed by atoms with Crippen LogP contribution in [0.1, 0.15) is 12.1 Å². The summed E-state index contributed by atoms with van der Waals surface area (Å²) < 4.78 is 7.11. The molecule has 0 amide bonds. The van der Waals surface area contributed by atoms with Crippen molar-refractivity contribution in [2.24, 2.45) is 5.73 Å². The van der Waals surface area contributed by atoms with E-state index in [1.165, 1.54) is 5.69 Å². The summed E-state index contributed by atoms with van der Waals surface area (Å²) >= 11 is 0. The minimum atomic E-state index is 0.677. The molecule has 1 aromatic heterocycles. The van der Waals surface area contributed by atoms with Crippen molar-refractivity contribution in [1.82, 2.24) is 9.55 Å². The summed E-state index contributed by atoms with van der Waals surface area (Å²) in [4.78, 5) is 4.09. The van der Waals surface area contributed by atoms with Crippen LogP contribution in [0.25, 0.3) is 0 Å². The molecule has 0 aliphatic rings. The lowest BCUT2D eigenvalue weighted by Gasteiger charge is -2.06. The van der Waals surface area contributed by atoms with E-state index in [2.05, 4.69) is 9.55 Å². The molecule has 0 spiro atoms. The molecule has 0 aliphatic heterocycles. The minimum absolute atomic E-state index is 0.677. The average molecular weight is 183 g/mol. The van der Waals surface area contributed by atoms with Gasteiger partial charge in [-0.25, -0.2) is 4.98 Å². The lowest BCUT2D eigenvalue weighted by atomic mass is 10.3. The second-order valence-electron chi connectivity index (χ2n) is 2.96. The number of nitrogens with two attached hydrogens (primary N) is 1. The molecule has 2 N–H and O–H groups in total. The van der Waals surface area contributed by atoms with E-state index < -0.39 is 0 Å². The third-order valence-electron chi connectivity index (χ3n) is 1.95. The second kappa shape index (κ2) is 5.72. The first-order chi connectivity index (χ1) is 6.38. The molecule has 0 aliphatic carbocycles. The Morgan fingerprint density at radius 1 is 1.62 bits per heavy atom. The van der Waals surface area contributed by atoms with Gasteiger partial charge in [0.15, 0.2) is 0 Å². The van der Waals surface area contributed by atoms with Crippen molar-refractivity contribution in [3.63, 3.8) is 0 Å². The first kappa shape index (κ1) is 10.2. The predicted octanol–water partition coefficient (Wildman–Crippen LogP) is 0.421. The molecule has 4 heteroatoms. The molecule has 1 aromatic rings. The van der Waals surface area contributed by atoms with E-state index in [-0.39, 0.29) is 0 Å². The zero-order valence-electron chi connectivity index (χ0n) is 8.07. The van der Waals surface area contributed by atoms with E-state index in [4.69, 9.17) is 10.5 Å². The Morgan fingerprint density at radius 3 is 3.15 bits per heavy atom. The Balaban J connectivity index is 2.40. The molecule has 0 bridgehead atoms. The van der Waals surface area contributed by atoms with Crippen molar-refractivity contribution in [1.29, 1.82) is 0 Å². The van der Waals surface area contributed by atoms with Crippen LogP contribution in [0.2, 0.25) is 0 Å². The highest BCUT2D eigenvalue weighted by molar-refractivity contribution is 4.98. The van der Waals surface area contributed by atoms with Crippen LogP contribution >= 0.6 is 0 Å². The van der Waals surface area contributed by atoms with Crippen LogP contribution in [-0.4, -0.2) is 29.8 Å². The number of hydrogen-bond donors (Lipinski definition) is 1. The summed E-state index contributed by atoms with van der Waals surface area (Å²) in [7, 11) is 1.72. The number of imidazole rings is 1. The summed E-state index contributed by atoms with van der Waals surface area (Å²) in [6, 6.07) is 0. The van der Waals surface area contributed by atoms with Gasteiger partial charge in [-0.1, -0.05) is 0 Å². The molecular formula is C9H17N3O. The zero-order chi connectivity index (χ0) is 9.52. The highest BCUT2D eigenvalue weighted by Gasteiger charge is 1.99. The van der Waals surface area contributed by atoms with Gasteiger partial charge in [0, 0.05) is 38.6 Å². The van der Waals surface area contributed by atoms with Gasteiger partial charge in [-0.3, -0.25) is 0 Å². The van der Waals surface area contributed by atoms with E-state index >= 15 is 0 Å². The second-order valence-corrected chi connectivity index (χ2v) is 2.96. The molecule has 0 saturated heterocycles. The highest BCUT2D eigenvalue weighted by Crippen LogP contribution is 2.01. The van der Waals surface area contributed by atoms with E-state index in [1.807, 2.05) is 12.5 Å². The van der Waals surface area contributed by atoms with Crippen LogP contribution < -0.4 is 5.73 Å². The van der Waals surface area contributed by atoms with Gasteiger partial charge in [0.1, 0.15) is 0 Å². The first-order valence-corrected chi connectivity index (χ1v) is 4.56.